The molecule has 1 aromatic heterocycles. The standard InChI is InChI=1S/C23H20FN3O2/c1-15-6-7-17(16(2)13-15)8-11-22(28)26-21-14-18(24)9-10-19(21)27-23(29)20-5-3-4-12-25-20/h3-14H,1-2H3,(H,26,28)(H,27,29). The Bertz CT molecular complexity index is 1080. The Hall–Kier alpha value is -3.80. The molecule has 29 heavy (non-hydrogen) atoms. The van der Waals surface area contributed by atoms with Crippen LogP contribution in [0.1, 0.15) is 27.2 Å². The number of amides is 2. The summed E-state index contributed by atoms with van der Waals surface area (Å²) in [6.07, 6.45) is 4.56. The lowest BCUT2D eigenvalue weighted by Crippen LogP contribution is -2.16. The number of nitrogens with one attached hydrogen (secondary N) is 2. The van der Waals surface area contributed by atoms with Crippen LogP contribution in [-0.4, -0.2) is 16.8 Å². The maximum Gasteiger partial charge on any atom is 0.274 e. The summed E-state index contributed by atoms with van der Waals surface area (Å²) in [4.78, 5) is 28.6. The van der Waals surface area contributed by atoms with Crippen LogP contribution in [0.25, 0.3) is 6.08 Å². The number of anilines is 2. The van der Waals surface area contributed by atoms with Crippen LogP contribution < -0.4 is 10.6 Å². The predicted molar refractivity (Wildman–Crippen MR) is 112 cm³/mol. The molecule has 2 amide bonds. The van der Waals surface area contributed by atoms with Gasteiger partial charge in [-0.05, 0) is 61.4 Å². The smallest absolute Gasteiger partial charge is 0.274 e. The van der Waals surface area contributed by atoms with E-state index in [0.29, 0.717) is 0 Å². The highest BCUT2D eigenvalue weighted by Gasteiger charge is 2.12. The van der Waals surface area contributed by atoms with Crippen LogP contribution >= 0.6 is 0 Å². The fourth-order valence-corrected chi connectivity index (χ4v) is 2.76. The van der Waals surface area contributed by atoms with E-state index < -0.39 is 17.6 Å². The van der Waals surface area contributed by atoms with Gasteiger partial charge < -0.3 is 10.6 Å². The van der Waals surface area contributed by atoms with Crippen molar-refractivity contribution in [2.45, 2.75) is 13.8 Å². The van der Waals surface area contributed by atoms with E-state index in [1.807, 2.05) is 32.0 Å². The van der Waals surface area contributed by atoms with E-state index in [1.54, 1.807) is 24.3 Å². The van der Waals surface area contributed by atoms with E-state index >= 15 is 0 Å². The van der Waals surface area contributed by atoms with Gasteiger partial charge >= 0.3 is 0 Å². The van der Waals surface area contributed by atoms with Crippen LogP contribution in [0.2, 0.25) is 0 Å². The van der Waals surface area contributed by atoms with E-state index in [4.69, 9.17) is 0 Å². The minimum Gasteiger partial charge on any atom is -0.321 e. The Labute approximate surface area is 168 Å². The molecule has 0 atom stereocenters. The first-order valence-corrected chi connectivity index (χ1v) is 9.00. The minimum atomic E-state index is -0.533. The quantitative estimate of drug-likeness (QED) is 0.619. The van der Waals surface area contributed by atoms with Crippen LogP contribution in [0.3, 0.4) is 0 Å². The Morgan fingerprint density at radius 3 is 2.52 bits per heavy atom. The zero-order chi connectivity index (χ0) is 20.8. The highest BCUT2D eigenvalue weighted by Crippen LogP contribution is 2.23. The van der Waals surface area contributed by atoms with Gasteiger partial charge in [-0.2, -0.15) is 0 Å². The summed E-state index contributed by atoms with van der Waals surface area (Å²) < 4.78 is 13.7. The fourth-order valence-electron chi connectivity index (χ4n) is 2.76. The van der Waals surface area contributed by atoms with Gasteiger partial charge in [0, 0.05) is 12.3 Å². The maximum atomic E-state index is 13.7. The molecule has 0 saturated carbocycles. The van der Waals surface area contributed by atoms with E-state index in [1.165, 1.54) is 24.4 Å². The number of benzene rings is 2. The highest BCUT2D eigenvalue weighted by atomic mass is 19.1. The average Bonchev–Trinajstić information content (AvgIpc) is 2.70. The molecule has 0 radical (unpaired) electrons. The van der Waals surface area contributed by atoms with Gasteiger partial charge in [0.15, 0.2) is 0 Å². The van der Waals surface area contributed by atoms with Crippen molar-refractivity contribution in [3.05, 3.63) is 95.1 Å². The van der Waals surface area contributed by atoms with Crippen molar-refractivity contribution in [3.8, 4) is 0 Å². The number of hydrogen-bond donors (Lipinski definition) is 2. The first-order chi connectivity index (χ1) is 13.9. The molecule has 0 aliphatic heterocycles. The van der Waals surface area contributed by atoms with Crippen molar-refractivity contribution < 1.29 is 14.0 Å². The van der Waals surface area contributed by atoms with Gasteiger partial charge in [-0.1, -0.05) is 29.8 Å². The third-order valence-electron chi connectivity index (χ3n) is 4.22. The molecule has 0 spiro atoms. The van der Waals surface area contributed by atoms with Crippen LogP contribution in [0, 0.1) is 19.7 Å². The van der Waals surface area contributed by atoms with Crippen LogP contribution in [-0.2, 0) is 4.79 Å². The van der Waals surface area contributed by atoms with Gasteiger partial charge in [-0.15, -0.1) is 0 Å². The lowest BCUT2D eigenvalue weighted by atomic mass is 10.1. The molecule has 5 nitrogen and oxygen atoms in total. The fraction of sp³-hybridized carbons (Fsp3) is 0.0870. The summed E-state index contributed by atoms with van der Waals surface area (Å²) in [5, 5.41) is 5.25. The molecule has 0 aliphatic rings. The van der Waals surface area contributed by atoms with Crippen LogP contribution in [0.5, 0.6) is 0 Å². The van der Waals surface area contributed by atoms with Crippen molar-refractivity contribution in [1.82, 2.24) is 4.98 Å². The molecule has 2 N–H and O–H groups in total. The second-order valence-corrected chi connectivity index (χ2v) is 6.54. The number of nitrogens with zero attached hydrogens (tertiary/aromatic N) is 1. The lowest BCUT2D eigenvalue weighted by molar-refractivity contribution is -0.111. The Morgan fingerprint density at radius 2 is 1.79 bits per heavy atom. The first kappa shape index (κ1) is 19.9. The first-order valence-electron chi connectivity index (χ1n) is 9.00. The third-order valence-corrected chi connectivity index (χ3v) is 4.22. The van der Waals surface area contributed by atoms with E-state index in [0.717, 1.165) is 22.8 Å². The summed E-state index contributed by atoms with van der Waals surface area (Å²) in [6.45, 7) is 3.96. The van der Waals surface area contributed by atoms with E-state index in [9.17, 15) is 14.0 Å². The second kappa shape index (κ2) is 8.93. The molecule has 146 valence electrons. The predicted octanol–water partition coefficient (Wildman–Crippen LogP) is 4.74. The van der Waals surface area contributed by atoms with Crippen molar-refractivity contribution in [2.24, 2.45) is 0 Å². The summed E-state index contributed by atoms with van der Waals surface area (Å²) in [7, 11) is 0. The maximum absolute atomic E-state index is 13.7. The molecule has 2 aromatic carbocycles. The van der Waals surface area contributed by atoms with E-state index in [2.05, 4.69) is 15.6 Å². The zero-order valence-electron chi connectivity index (χ0n) is 16.1. The molecule has 0 unspecified atom stereocenters. The number of carbonyl (C=O) groups excluding carboxylic acids is 2. The monoisotopic (exact) mass is 389 g/mol. The molecular weight excluding hydrogens is 369 g/mol. The SMILES string of the molecule is Cc1ccc(C=CC(=O)Nc2cc(F)ccc2NC(=O)c2ccccn2)c(C)c1. The molecule has 0 fully saturated rings. The van der Waals surface area contributed by atoms with Crippen LogP contribution in [0.4, 0.5) is 15.8 Å². The third kappa shape index (κ3) is 5.35. The van der Waals surface area contributed by atoms with Crippen LogP contribution in [0.15, 0.2) is 66.9 Å². The number of halogens is 1. The zero-order valence-corrected chi connectivity index (χ0v) is 16.1. The summed E-state index contributed by atoms with van der Waals surface area (Å²) in [6, 6.07) is 14.6. The highest BCUT2D eigenvalue weighted by molar-refractivity contribution is 6.08. The normalized spacial score (nSPS) is 10.7. The Balaban J connectivity index is 1.76. The molecule has 0 saturated heterocycles. The van der Waals surface area contributed by atoms with Crippen molar-refractivity contribution >= 4 is 29.3 Å². The van der Waals surface area contributed by atoms with Gasteiger partial charge in [-0.3, -0.25) is 14.6 Å². The summed E-state index contributed by atoms with van der Waals surface area (Å²) >= 11 is 0. The number of hydrogen-bond acceptors (Lipinski definition) is 3. The molecule has 3 rings (SSSR count). The van der Waals surface area contributed by atoms with E-state index in [-0.39, 0.29) is 17.1 Å². The molecule has 0 aliphatic carbocycles. The van der Waals surface area contributed by atoms with Gasteiger partial charge in [0.1, 0.15) is 11.5 Å². The second-order valence-electron chi connectivity index (χ2n) is 6.54. The summed E-state index contributed by atoms with van der Waals surface area (Å²) in [5.41, 5.74) is 3.73. The summed E-state index contributed by atoms with van der Waals surface area (Å²) in [5.74, 6) is -1.43. The molecule has 0 bridgehead atoms. The van der Waals surface area contributed by atoms with Crippen molar-refractivity contribution in [2.75, 3.05) is 10.6 Å². The largest absolute Gasteiger partial charge is 0.321 e. The number of aryl methyl sites for hydroxylation is 2. The van der Waals surface area contributed by atoms with Crippen molar-refractivity contribution in [3.63, 3.8) is 0 Å². The number of pyridine rings is 1. The number of aromatic nitrogens is 1. The minimum absolute atomic E-state index is 0.157. The Kier molecular flexibility index (Phi) is 6.14. The Morgan fingerprint density at radius 1 is 0.966 bits per heavy atom. The van der Waals surface area contributed by atoms with Gasteiger partial charge in [0.2, 0.25) is 5.91 Å². The number of carbonyl (C=O) groups is 2. The van der Waals surface area contributed by atoms with Gasteiger partial charge in [0.25, 0.3) is 5.91 Å². The topological polar surface area (TPSA) is 71.1 Å². The average molecular weight is 389 g/mol. The molecule has 3 aromatic rings. The molecule has 1 heterocycles. The number of rotatable bonds is 5. The van der Waals surface area contributed by atoms with Crippen molar-refractivity contribution in [1.29, 1.82) is 0 Å². The van der Waals surface area contributed by atoms with Gasteiger partial charge in [-0.25, -0.2) is 4.39 Å². The van der Waals surface area contributed by atoms with Gasteiger partial charge in [0.05, 0.1) is 11.4 Å². The molecule has 6 heteroatoms. The lowest BCUT2D eigenvalue weighted by Gasteiger charge is -2.11. The molecular formula is C23H20FN3O2.